The molecule has 0 spiro atoms. The lowest BCUT2D eigenvalue weighted by atomic mass is 9.95. The van der Waals surface area contributed by atoms with E-state index < -0.39 is 0 Å². The summed E-state index contributed by atoms with van der Waals surface area (Å²) in [5, 5.41) is 1.81. The second kappa shape index (κ2) is 8.41. The number of benzene rings is 1. The van der Waals surface area contributed by atoms with Crippen LogP contribution in [0.3, 0.4) is 0 Å². The first kappa shape index (κ1) is 18.5. The van der Waals surface area contributed by atoms with Gasteiger partial charge in [0.1, 0.15) is 5.78 Å². The average Bonchev–Trinajstić information content (AvgIpc) is 3.49. The molecular formula is C22H23ClN2O. The predicted octanol–water partition coefficient (Wildman–Crippen LogP) is 5.54. The number of ketones is 1. The summed E-state index contributed by atoms with van der Waals surface area (Å²) in [6.45, 7) is 4.00. The number of hydrogen-bond acceptors (Lipinski definition) is 3. The van der Waals surface area contributed by atoms with Crippen LogP contribution < -0.4 is 0 Å². The molecule has 1 aromatic carbocycles. The smallest absolute Gasteiger partial charge is 0.141 e. The minimum Gasteiger partial charge on any atom is -0.299 e. The maximum atomic E-state index is 12.5. The lowest BCUT2D eigenvalue weighted by molar-refractivity contribution is -0.117. The average molecular weight is 367 g/mol. The second-order valence-corrected chi connectivity index (χ2v) is 6.82. The van der Waals surface area contributed by atoms with Gasteiger partial charge in [0.05, 0.1) is 5.52 Å². The number of hydrogen-bond donors (Lipinski definition) is 0. The molecule has 0 radical (unpaired) electrons. The summed E-state index contributed by atoms with van der Waals surface area (Å²) >= 11 is 6.18. The number of aromatic nitrogens is 2. The summed E-state index contributed by atoms with van der Waals surface area (Å²) in [5.74, 6) is 0.725. The van der Waals surface area contributed by atoms with E-state index in [1.807, 2.05) is 50.4 Å². The van der Waals surface area contributed by atoms with Crippen molar-refractivity contribution in [2.75, 3.05) is 0 Å². The first-order chi connectivity index (χ1) is 12.7. The molecule has 0 saturated heterocycles. The molecule has 4 rings (SSSR count). The van der Waals surface area contributed by atoms with Crippen molar-refractivity contribution < 1.29 is 4.79 Å². The summed E-state index contributed by atoms with van der Waals surface area (Å²) in [4.78, 5) is 21.1. The molecule has 2 heterocycles. The number of fused-ring (bicyclic) bond motifs is 1. The molecule has 0 N–H and O–H groups in total. The maximum Gasteiger partial charge on any atom is 0.141 e. The Kier molecular flexibility index (Phi) is 6.00. The van der Waals surface area contributed by atoms with E-state index in [0.29, 0.717) is 23.8 Å². The molecule has 1 aliphatic carbocycles. The molecule has 0 amide bonds. The molecule has 3 nitrogen and oxygen atoms in total. The maximum absolute atomic E-state index is 12.5. The molecule has 4 heteroatoms. The second-order valence-electron chi connectivity index (χ2n) is 6.39. The van der Waals surface area contributed by atoms with Crippen molar-refractivity contribution in [3.8, 4) is 0 Å². The fourth-order valence-corrected chi connectivity index (χ4v) is 3.40. The Morgan fingerprint density at radius 1 is 1.15 bits per heavy atom. The van der Waals surface area contributed by atoms with Gasteiger partial charge in [0, 0.05) is 41.8 Å². The highest BCUT2D eigenvalue weighted by atomic mass is 35.5. The van der Waals surface area contributed by atoms with Crippen molar-refractivity contribution >= 4 is 28.3 Å². The number of rotatable bonds is 5. The number of Topliss-reactive ketones (excluding diaryl/α,β-unsaturated/α-hetero) is 1. The van der Waals surface area contributed by atoms with Crippen LogP contribution in [0.15, 0.2) is 48.9 Å². The van der Waals surface area contributed by atoms with Gasteiger partial charge in [0.15, 0.2) is 0 Å². The number of carbonyl (C=O) groups is 1. The normalized spacial score (nSPS) is 13.2. The van der Waals surface area contributed by atoms with Crippen LogP contribution in [0.1, 0.15) is 49.3 Å². The van der Waals surface area contributed by atoms with Crippen LogP contribution in [0.5, 0.6) is 0 Å². The van der Waals surface area contributed by atoms with Gasteiger partial charge in [0.2, 0.25) is 0 Å². The van der Waals surface area contributed by atoms with Crippen molar-refractivity contribution in [3.63, 3.8) is 0 Å². The number of nitrogens with zero attached hydrogens (tertiary/aromatic N) is 2. The van der Waals surface area contributed by atoms with E-state index in [0.717, 1.165) is 22.0 Å². The van der Waals surface area contributed by atoms with Gasteiger partial charge >= 0.3 is 0 Å². The highest BCUT2D eigenvalue weighted by molar-refractivity contribution is 6.31. The summed E-state index contributed by atoms with van der Waals surface area (Å²) < 4.78 is 0. The zero-order valence-corrected chi connectivity index (χ0v) is 16.0. The quantitative estimate of drug-likeness (QED) is 0.595. The zero-order valence-electron chi connectivity index (χ0n) is 15.2. The van der Waals surface area contributed by atoms with Crippen LogP contribution in [0, 0.1) is 0 Å². The molecule has 0 atom stereocenters. The van der Waals surface area contributed by atoms with Crippen molar-refractivity contribution in [1.82, 2.24) is 9.97 Å². The predicted molar refractivity (Wildman–Crippen MR) is 107 cm³/mol. The van der Waals surface area contributed by atoms with E-state index in [2.05, 4.69) is 9.97 Å². The Hall–Kier alpha value is -2.26. The van der Waals surface area contributed by atoms with Gasteiger partial charge in [0.25, 0.3) is 0 Å². The number of carbonyl (C=O) groups excluding carboxylic acids is 1. The standard InChI is InChI=1S/C20H17ClN2O.C2H6/c21-16-5-6-19-18(10-16)20(14-3-4-14)15(12-23-19)9-17(24)8-13-2-1-7-22-11-13;1-2/h1-2,5-7,10-12,14H,3-4,8-9H2;1-2H3. The van der Waals surface area contributed by atoms with E-state index in [9.17, 15) is 4.79 Å². The fourth-order valence-electron chi connectivity index (χ4n) is 3.23. The number of halogens is 1. The van der Waals surface area contributed by atoms with E-state index in [-0.39, 0.29) is 5.78 Å². The highest BCUT2D eigenvalue weighted by Crippen LogP contribution is 2.45. The Labute approximate surface area is 159 Å². The lowest BCUT2D eigenvalue weighted by Crippen LogP contribution is -2.09. The fraction of sp³-hybridized carbons (Fsp3) is 0.318. The Morgan fingerprint density at radius 2 is 1.96 bits per heavy atom. The molecule has 2 aromatic heterocycles. The third-order valence-electron chi connectivity index (χ3n) is 4.45. The summed E-state index contributed by atoms with van der Waals surface area (Å²) in [5.41, 5.74) is 4.21. The van der Waals surface area contributed by atoms with Gasteiger partial charge in [-0.05, 0) is 59.7 Å². The van der Waals surface area contributed by atoms with Gasteiger partial charge in [-0.1, -0.05) is 31.5 Å². The van der Waals surface area contributed by atoms with Crippen LogP contribution >= 0.6 is 11.6 Å². The van der Waals surface area contributed by atoms with Crippen LogP contribution in [0.4, 0.5) is 0 Å². The van der Waals surface area contributed by atoms with Crippen molar-refractivity contribution in [2.24, 2.45) is 0 Å². The zero-order chi connectivity index (χ0) is 18.5. The third kappa shape index (κ3) is 4.28. The largest absolute Gasteiger partial charge is 0.299 e. The molecule has 3 aromatic rings. The van der Waals surface area contributed by atoms with Crippen molar-refractivity contribution in [2.45, 2.75) is 45.4 Å². The van der Waals surface area contributed by atoms with Crippen LogP contribution in [-0.4, -0.2) is 15.8 Å². The molecule has 134 valence electrons. The van der Waals surface area contributed by atoms with Crippen LogP contribution in [0.25, 0.3) is 10.9 Å². The van der Waals surface area contributed by atoms with Gasteiger partial charge in [-0.2, -0.15) is 0 Å². The minimum absolute atomic E-state index is 0.188. The van der Waals surface area contributed by atoms with Crippen LogP contribution in [-0.2, 0) is 17.6 Å². The van der Waals surface area contributed by atoms with E-state index in [1.54, 1.807) is 12.4 Å². The van der Waals surface area contributed by atoms with Gasteiger partial charge in [-0.3, -0.25) is 14.8 Å². The molecule has 26 heavy (non-hydrogen) atoms. The third-order valence-corrected chi connectivity index (χ3v) is 4.69. The summed E-state index contributed by atoms with van der Waals surface area (Å²) in [7, 11) is 0. The molecule has 0 aliphatic heterocycles. The first-order valence-corrected chi connectivity index (χ1v) is 9.56. The lowest BCUT2D eigenvalue weighted by Gasteiger charge is -2.12. The van der Waals surface area contributed by atoms with Gasteiger partial charge < -0.3 is 0 Å². The van der Waals surface area contributed by atoms with Gasteiger partial charge in [-0.15, -0.1) is 0 Å². The highest BCUT2D eigenvalue weighted by Gasteiger charge is 2.29. The molecule has 1 aliphatic rings. The minimum atomic E-state index is 0.188. The van der Waals surface area contributed by atoms with Crippen LogP contribution in [0.2, 0.25) is 5.02 Å². The van der Waals surface area contributed by atoms with Crippen molar-refractivity contribution in [1.29, 1.82) is 0 Å². The van der Waals surface area contributed by atoms with E-state index in [1.165, 1.54) is 18.4 Å². The monoisotopic (exact) mass is 366 g/mol. The molecule has 1 saturated carbocycles. The van der Waals surface area contributed by atoms with E-state index >= 15 is 0 Å². The molecule has 1 fully saturated rings. The Morgan fingerprint density at radius 3 is 2.65 bits per heavy atom. The first-order valence-electron chi connectivity index (χ1n) is 9.18. The Balaban J connectivity index is 0.000000948. The topological polar surface area (TPSA) is 42.9 Å². The number of pyridine rings is 2. The summed E-state index contributed by atoms with van der Waals surface area (Å²) in [6.07, 6.45) is 8.51. The SMILES string of the molecule is CC.O=C(Cc1cccnc1)Cc1cnc2ccc(Cl)cc2c1C1CC1. The molecule has 0 bridgehead atoms. The molecular weight excluding hydrogens is 344 g/mol. The van der Waals surface area contributed by atoms with Gasteiger partial charge in [-0.25, -0.2) is 0 Å². The van der Waals surface area contributed by atoms with Crippen molar-refractivity contribution in [3.05, 3.63) is 70.6 Å². The molecule has 0 unspecified atom stereocenters. The Bertz CT molecular complexity index is 905. The summed E-state index contributed by atoms with van der Waals surface area (Å²) in [6, 6.07) is 9.58. The van der Waals surface area contributed by atoms with E-state index in [4.69, 9.17) is 11.6 Å².